The number of nitro groups is 1. The molecule has 2 aromatic carbocycles. The van der Waals surface area contributed by atoms with Crippen LogP contribution in [0.2, 0.25) is 10.0 Å². The predicted molar refractivity (Wildman–Crippen MR) is 106 cm³/mol. The molecule has 0 aliphatic carbocycles. The summed E-state index contributed by atoms with van der Waals surface area (Å²) >= 11 is 15.2. The molecule has 0 radical (unpaired) electrons. The Morgan fingerprint density at radius 1 is 1.07 bits per heavy atom. The highest BCUT2D eigenvalue weighted by atomic mass is 79.9. The first-order valence-electron chi connectivity index (χ1n) is 7.29. The average molecular weight is 473 g/mol. The number of halogens is 4. The van der Waals surface area contributed by atoms with Crippen LogP contribution in [-0.4, -0.2) is 14.9 Å². The van der Waals surface area contributed by atoms with Crippen molar-refractivity contribution in [1.29, 1.82) is 0 Å². The summed E-state index contributed by atoms with van der Waals surface area (Å²) in [7, 11) is 0. The standard InChI is InChI=1S/C16H9BrCl2FN5O2/c17-8-4-5-11(10(20)6-8)23-15-14(25(26)27)16(22-7-21-15)24-12-3-1-2-9(18)13(12)19/h1-7H,(H2,21,22,23,24). The molecule has 0 amide bonds. The molecule has 27 heavy (non-hydrogen) atoms. The van der Waals surface area contributed by atoms with Gasteiger partial charge >= 0.3 is 5.69 Å². The van der Waals surface area contributed by atoms with Crippen LogP contribution < -0.4 is 10.6 Å². The second-order valence-corrected chi connectivity index (χ2v) is 6.85. The van der Waals surface area contributed by atoms with Gasteiger partial charge in [0.1, 0.15) is 12.1 Å². The number of anilines is 4. The van der Waals surface area contributed by atoms with Gasteiger partial charge in [-0.05, 0) is 30.3 Å². The van der Waals surface area contributed by atoms with Gasteiger partial charge in [0.2, 0.25) is 11.6 Å². The van der Waals surface area contributed by atoms with Crippen LogP contribution in [0.25, 0.3) is 0 Å². The van der Waals surface area contributed by atoms with Crippen LogP contribution in [0.4, 0.5) is 33.1 Å². The zero-order chi connectivity index (χ0) is 19.6. The van der Waals surface area contributed by atoms with Crippen molar-refractivity contribution in [1.82, 2.24) is 9.97 Å². The van der Waals surface area contributed by atoms with Crippen LogP contribution in [-0.2, 0) is 0 Å². The van der Waals surface area contributed by atoms with E-state index < -0.39 is 16.4 Å². The van der Waals surface area contributed by atoms with Crippen LogP contribution in [0.15, 0.2) is 47.2 Å². The molecule has 0 aliphatic heterocycles. The first-order valence-corrected chi connectivity index (χ1v) is 8.84. The lowest BCUT2D eigenvalue weighted by Gasteiger charge is -2.12. The van der Waals surface area contributed by atoms with Crippen molar-refractivity contribution in [3.8, 4) is 0 Å². The third kappa shape index (κ3) is 4.26. The molecule has 11 heteroatoms. The summed E-state index contributed by atoms with van der Waals surface area (Å²) in [5, 5.41) is 17.4. The van der Waals surface area contributed by atoms with Gasteiger partial charge in [-0.1, -0.05) is 45.2 Å². The number of rotatable bonds is 5. The molecule has 0 saturated heterocycles. The van der Waals surface area contributed by atoms with Crippen molar-refractivity contribution < 1.29 is 9.31 Å². The number of aromatic nitrogens is 2. The smallest absolute Gasteiger partial charge is 0.333 e. The highest BCUT2D eigenvalue weighted by Gasteiger charge is 2.24. The maximum atomic E-state index is 14.1. The summed E-state index contributed by atoms with van der Waals surface area (Å²) < 4.78 is 14.6. The SMILES string of the molecule is O=[N+]([O-])c1c(Nc2ccc(Br)cc2F)ncnc1Nc1cccc(Cl)c1Cl. The minimum atomic E-state index is -0.681. The Kier molecular flexibility index (Phi) is 5.73. The van der Waals surface area contributed by atoms with Crippen LogP contribution in [0.5, 0.6) is 0 Å². The van der Waals surface area contributed by atoms with Crippen LogP contribution >= 0.6 is 39.1 Å². The summed E-state index contributed by atoms with van der Waals surface area (Å²) in [6.07, 6.45) is 1.10. The van der Waals surface area contributed by atoms with E-state index in [1.54, 1.807) is 24.3 Å². The molecular weight excluding hydrogens is 464 g/mol. The van der Waals surface area contributed by atoms with Gasteiger partial charge in [0.15, 0.2) is 0 Å². The molecule has 3 aromatic rings. The lowest BCUT2D eigenvalue weighted by Crippen LogP contribution is -2.06. The van der Waals surface area contributed by atoms with Crippen molar-refractivity contribution in [3.63, 3.8) is 0 Å². The second-order valence-electron chi connectivity index (χ2n) is 5.15. The molecule has 0 unspecified atom stereocenters. The second kappa shape index (κ2) is 8.03. The molecule has 0 saturated carbocycles. The lowest BCUT2D eigenvalue weighted by molar-refractivity contribution is -0.383. The van der Waals surface area contributed by atoms with Crippen molar-refractivity contribution in [2.75, 3.05) is 10.6 Å². The van der Waals surface area contributed by atoms with E-state index >= 15 is 0 Å². The third-order valence-corrected chi connectivity index (χ3v) is 4.71. The molecule has 3 rings (SSSR count). The fourth-order valence-corrected chi connectivity index (χ4v) is 2.86. The molecule has 7 nitrogen and oxygen atoms in total. The number of benzene rings is 2. The highest BCUT2D eigenvalue weighted by Crippen LogP contribution is 2.37. The topological polar surface area (TPSA) is 93.0 Å². The number of hydrogen-bond acceptors (Lipinski definition) is 6. The molecule has 2 N–H and O–H groups in total. The molecule has 0 fully saturated rings. The quantitative estimate of drug-likeness (QED) is 0.345. The largest absolute Gasteiger partial charge is 0.353 e. The molecule has 1 heterocycles. The van der Waals surface area contributed by atoms with Crippen LogP contribution in [0.3, 0.4) is 0 Å². The van der Waals surface area contributed by atoms with Gasteiger partial charge in [-0.25, -0.2) is 14.4 Å². The monoisotopic (exact) mass is 471 g/mol. The Morgan fingerprint density at radius 2 is 1.74 bits per heavy atom. The first kappa shape index (κ1) is 19.3. The summed E-state index contributed by atoms with van der Waals surface area (Å²) in [5.74, 6) is -0.916. The maximum absolute atomic E-state index is 14.1. The van der Waals surface area contributed by atoms with E-state index in [0.29, 0.717) is 10.2 Å². The van der Waals surface area contributed by atoms with E-state index in [0.717, 1.165) is 6.33 Å². The normalized spacial score (nSPS) is 10.5. The van der Waals surface area contributed by atoms with Gasteiger partial charge < -0.3 is 10.6 Å². The zero-order valence-corrected chi connectivity index (χ0v) is 16.3. The van der Waals surface area contributed by atoms with Crippen molar-refractivity contribution >= 4 is 67.8 Å². The number of nitrogens with zero attached hydrogens (tertiary/aromatic N) is 3. The fraction of sp³-hybridized carbons (Fsp3) is 0. The van der Waals surface area contributed by atoms with E-state index in [1.165, 1.54) is 12.1 Å². The van der Waals surface area contributed by atoms with Crippen molar-refractivity contribution in [2.24, 2.45) is 0 Å². The zero-order valence-electron chi connectivity index (χ0n) is 13.2. The van der Waals surface area contributed by atoms with E-state index in [2.05, 4.69) is 36.5 Å². The average Bonchev–Trinajstić information content (AvgIpc) is 2.61. The Bertz CT molecular complexity index is 1040. The van der Waals surface area contributed by atoms with E-state index in [9.17, 15) is 14.5 Å². The molecule has 138 valence electrons. The molecule has 0 bridgehead atoms. The van der Waals surface area contributed by atoms with Crippen molar-refractivity contribution in [2.45, 2.75) is 0 Å². The Labute approximate surface area is 170 Å². The van der Waals surface area contributed by atoms with Gasteiger partial charge in [-0.15, -0.1) is 0 Å². The Balaban J connectivity index is 2.02. The predicted octanol–water partition coefficient (Wildman–Crippen LogP) is 6.08. The van der Waals surface area contributed by atoms with Gasteiger partial charge in [0, 0.05) is 4.47 Å². The fourth-order valence-electron chi connectivity index (χ4n) is 2.18. The number of hydrogen-bond donors (Lipinski definition) is 2. The minimum Gasteiger partial charge on any atom is -0.333 e. The molecule has 0 aliphatic rings. The minimum absolute atomic E-state index is 0.0201. The maximum Gasteiger partial charge on any atom is 0.353 e. The Hall–Kier alpha value is -2.49. The first-order chi connectivity index (χ1) is 12.9. The number of nitrogens with one attached hydrogen (secondary N) is 2. The van der Waals surface area contributed by atoms with Gasteiger partial charge in [-0.2, -0.15) is 0 Å². The lowest BCUT2D eigenvalue weighted by atomic mass is 10.3. The van der Waals surface area contributed by atoms with Gasteiger partial charge in [0.25, 0.3) is 0 Å². The third-order valence-electron chi connectivity index (χ3n) is 3.39. The van der Waals surface area contributed by atoms with E-state index in [4.69, 9.17) is 23.2 Å². The van der Waals surface area contributed by atoms with Crippen LogP contribution in [0, 0.1) is 15.9 Å². The van der Waals surface area contributed by atoms with E-state index in [1.807, 2.05) is 0 Å². The van der Waals surface area contributed by atoms with Gasteiger partial charge in [-0.3, -0.25) is 10.1 Å². The highest BCUT2D eigenvalue weighted by molar-refractivity contribution is 9.10. The molecular formula is C16H9BrCl2FN5O2. The van der Waals surface area contributed by atoms with Crippen LogP contribution in [0.1, 0.15) is 0 Å². The summed E-state index contributed by atoms with van der Waals surface area (Å²) in [5.41, 5.74) is -0.130. The van der Waals surface area contributed by atoms with Gasteiger partial charge in [0.05, 0.1) is 26.3 Å². The summed E-state index contributed by atoms with van der Waals surface area (Å²) in [4.78, 5) is 18.7. The molecule has 1 aromatic heterocycles. The summed E-state index contributed by atoms with van der Waals surface area (Å²) in [6, 6.07) is 9.02. The van der Waals surface area contributed by atoms with Crippen molar-refractivity contribution in [3.05, 3.63) is 73.2 Å². The summed E-state index contributed by atoms with van der Waals surface area (Å²) in [6.45, 7) is 0. The molecule has 0 atom stereocenters. The Morgan fingerprint density at radius 3 is 2.37 bits per heavy atom. The van der Waals surface area contributed by atoms with E-state index in [-0.39, 0.29) is 27.4 Å². The molecule has 0 spiro atoms.